The summed E-state index contributed by atoms with van der Waals surface area (Å²) in [6.45, 7) is 0. The molecule has 0 spiro atoms. The quantitative estimate of drug-likeness (QED) is 0.775. The van der Waals surface area contributed by atoms with Crippen molar-refractivity contribution in [3.8, 4) is 0 Å². The number of hydrogen-bond donors (Lipinski definition) is 1. The Morgan fingerprint density at radius 3 is 2.80 bits per heavy atom. The van der Waals surface area contributed by atoms with E-state index in [4.69, 9.17) is 11.6 Å². The van der Waals surface area contributed by atoms with Crippen LogP contribution in [0.3, 0.4) is 0 Å². The number of aliphatic hydroxyl groups excluding tert-OH is 1. The highest BCUT2D eigenvalue weighted by molar-refractivity contribution is 7.98. The van der Waals surface area contributed by atoms with Crippen LogP contribution in [0.1, 0.15) is 18.4 Å². The zero-order valence-corrected chi connectivity index (χ0v) is 10.5. The Balaban J connectivity index is 2.37. The highest BCUT2D eigenvalue weighted by atomic mass is 35.5. The van der Waals surface area contributed by atoms with Crippen LogP contribution in [0.25, 0.3) is 0 Å². The van der Waals surface area contributed by atoms with E-state index in [2.05, 4.69) is 6.26 Å². The van der Waals surface area contributed by atoms with Crippen molar-refractivity contribution in [1.29, 1.82) is 0 Å². The van der Waals surface area contributed by atoms with Crippen LogP contribution >= 0.6 is 23.4 Å². The molecule has 1 N–H and O–H groups in total. The lowest BCUT2D eigenvalue weighted by atomic mass is 10.0. The Bertz CT molecular complexity index is 291. The van der Waals surface area contributed by atoms with Crippen LogP contribution < -0.4 is 0 Å². The van der Waals surface area contributed by atoms with Gasteiger partial charge >= 0.3 is 0 Å². The predicted molar refractivity (Wildman–Crippen MR) is 68.8 cm³/mol. The van der Waals surface area contributed by atoms with E-state index in [1.165, 1.54) is 0 Å². The fourth-order valence-electron chi connectivity index (χ4n) is 1.48. The van der Waals surface area contributed by atoms with Crippen LogP contribution in [0, 0.1) is 0 Å². The molecule has 3 heteroatoms. The molecule has 0 aliphatic heterocycles. The first-order chi connectivity index (χ1) is 7.24. The van der Waals surface area contributed by atoms with E-state index in [1.807, 2.05) is 36.0 Å². The fraction of sp³-hybridized carbons (Fsp3) is 0.500. The summed E-state index contributed by atoms with van der Waals surface area (Å²) < 4.78 is 0. The lowest BCUT2D eigenvalue weighted by Gasteiger charge is -2.11. The van der Waals surface area contributed by atoms with Gasteiger partial charge in [-0.15, -0.1) is 0 Å². The maximum atomic E-state index is 9.79. The summed E-state index contributed by atoms with van der Waals surface area (Å²) in [5.74, 6) is 1.11. The Morgan fingerprint density at radius 1 is 1.40 bits per heavy atom. The third-order valence-electron chi connectivity index (χ3n) is 2.30. The molecule has 0 heterocycles. The van der Waals surface area contributed by atoms with Crippen LogP contribution in [0.4, 0.5) is 0 Å². The van der Waals surface area contributed by atoms with Gasteiger partial charge in [0.25, 0.3) is 0 Å². The van der Waals surface area contributed by atoms with Crippen LogP contribution in [0.5, 0.6) is 0 Å². The van der Waals surface area contributed by atoms with Gasteiger partial charge in [0.05, 0.1) is 6.10 Å². The molecular weight excluding hydrogens is 228 g/mol. The van der Waals surface area contributed by atoms with Crippen molar-refractivity contribution >= 4 is 23.4 Å². The van der Waals surface area contributed by atoms with Gasteiger partial charge in [-0.1, -0.05) is 29.8 Å². The normalized spacial score (nSPS) is 12.7. The second kappa shape index (κ2) is 7.15. The number of benzene rings is 1. The lowest BCUT2D eigenvalue weighted by molar-refractivity contribution is 0.164. The third-order valence-corrected chi connectivity index (χ3v) is 3.36. The molecule has 0 aliphatic rings. The maximum Gasteiger partial charge on any atom is 0.0581 e. The molecule has 1 atom stereocenters. The zero-order chi connectivity index (χ0) is 11.1. The van der Waals surface area contributed by atoms with Gasteiger partial charge in [-0.2, -0.15) is 11.8 Å². The fourth-order valence-corrected chi connectivity index (χ4v) is 2.15. The van der Waals surface area contributed by atoms with E-state index >= 15 is 0 Å². The molecule has 1 nitrogen and oxygen atoms in total. The van der Waals surface area contributed by atoms with E-state index in [-0.39, 0.29) is 6.10 Å². The summed E-state index contributed by atoms with van der Waals surface area (Å²) in [4.78, 5) is 0. The molecule has 0 aliphatic carbocycles. The molecule has 84 valence electrons. The maximum absolute atomic E-state index is 9.79. The van der Waals surface area contributed by atoms with Gasteiger partial charge in [-0.05, 0) is 42.9 Å². The largest absolute Gasteiger partial charge is 0.393 e. The van der Waals surface area contributed by atoms with Crippen molar-refractivity contribution in [2.24, 2.45) is 0 Å². The Morgan fingerprint density at radius 2 is 2.13 bits per heavy atom. The zero-order valence-electron chi connectivity index (χ0n) is 8.95. The highest BCUT2D eigenvalue weighted by Gasteiger charge is 2.07. The first-order valence-electron chi connectivity index (χ1n) is 5.14. The number of aliphatic hydroxyl groups is 1. The molecular formula is C12H17ClOS. The summed E-state index contributed by atoms with van der Waals surface area (Å²) in [7, 11) is 0. The van der Waals surface area contributed by atoms with Gasteiger partial charge in [0, 0.05) is 5.02 Å². The SMILES string of the molecule is CSCCCC(O)Cc1ccccc1Cl. The van der Waals surface area contributed by atoms with Crippen molar-refractivity contribution in [2.75, 3.05) is 12.0 Å². The molecule has 0 saturated heterocycles. The van der Waals surface area contributed by atoms with Crippen LogP contribution in [-0.4, -0.2) is 23.2 Å². The average Bonchev–Trinajstić information content (AvgIpc) is 2.22. The second-order valence-corrected chi connectivity index (χ2v) is 4.98. The molecule has 0 amide bonds. The van der Waals surface area contributed by atoms with E-state index in [1.54, 1.807) is 0 Å². The first kappa shape index (κ1) is 12.9. The monoisotopic (exact) mass is 244 g/mol. The molecule has 0 fully saturated rings. The van der Waals surface area contributed by atoms with Crippen molar-refractivity contribution in [3.05, 3.63) is 34.9 Å². The highest BCUT2D eigenvalue weighted by Crippen LogP contribution is 2.18. The minimum absolute atomic E-state index is 0.267. The first-order valence-corrected chi connectivity index (χ1v) is 6.91. The number of halogens is 1. The molecule has 1 unspecified atom stereocenters. The Labute approximate surface area is 101 Å². The minimum atomic E-state index is -0.267. The summed E-state index contributed by atoms with van der Waals surface area (Å²) >= 11 is 7.83. The average molecular weight is 245 g/mol. The Hall–Kier alpha value is -0.180. The topological polar surface area (TPSA) is 20.2 Å². The van der Waals surface area contributed by atoms with Gasteiger partial charge in [0.15, 0.2) is 0 Å². The number of thioether (sulfide) groups is 1. The number of hydrogen-bond acceptors (Lipinski definition) is 2. The summed E-state index contributed by atoms with van der Waals surface area (Å²) in [5.41, 5.74) is 1.04. The van der Waals surface area contributed by atoms with Crippen LogP contribution in [0.15, 0.2) is 24.3 Å². The van der Waals surface area contributed by atoms with Crippen LogP contribution in [-0.2, 0) is 6.42 Å². The van der Waals surface area contributed by atoms with Crippen molar-refractivity contribution in [2.45, 2.75) is 25.4 Å². The van der Waals surface area contributed by atoms with Gasteiger partial charge in [0.2, 0.25) is 0 Å². The van der Waals surface area contributed by atoms with Crippen molar-refractivity contribution in [1.82, 2.24) is 0 Å². The standard InChI is InChI=1S/C12H17ClOS/c1-15-8-4-6-11(14)9-10-5-2-3-7-12(10)13/h2-3,5,7,11,14H,4,6,8-9H2,1H3. The van der Waals surface area contributed by atoms with Gasteiger partial charge < -0.3 is 5.11 Å². The molecule has 1 aromatic rings. The molecule has 0 bridgehead atoms. The van der Waals surface area contributed by atoms with Crippen molar-refractivity contribution < 1.29 is 5.11 Å². The lowest BCUT2D eigenvalue weighted by Crippen LogP contribution is -2.10. The molecule has 15 heavy (non-hydrogen) atoms. The molecule has 0 aromatic heterocycles. The van der Waals surface area contributed by atoms with Gasteiger partial charge in [0.1, 0.15) is 0 Å². The van der Waals surface area contributed by atoms with E-state index in [0.29, 0.717) is 6.42 Å². The summed E-state index contributed by atoms with van der Waals surface area (Å²) in [5, 5.41) is 10.5. The van der Waals surface area contributed by atoms with E-state index in [9.17, 15) is 5.11 Å². The Kier molecular flexibility index (Phi) is 6.15. The van der Waals surface area contributed by atoms with E-state index < -0.39 is 0 Å². The number of rotatable bonds is 6. The van der Waals surface area contributed by atoms with Gasteiger partial charge in [-0.25, -0.2) is 0 Å². The smallest absolute Gasteiger partial charge is 0.0581 e. The van der Waals surface area contributed by atoms with E-state index in [0.717, 1.165) is 29.2 Å². The van der Waals surface area contributed by atoms with Crippen LogP contribution in [0.2, 0.25) is 5.02 Å². The molecule has 1 rings (SSSR count). The summed E-state index contributed by atoms with van der Waals surface area (Å²) in [6.07, 6.45) is 4.39. The molecule has 1 aromatic carbocycles. The third kappa shape index (κ3) is 4.92. The molecule has 0 radical (unpaired) electrons. The molecule has 0 saturated carbocycles. The summed E-state index contributed by atoms with van der Waals surface area (Å²) in [6, 6.07) is 7.70. The minimum Gasteiger partial charge on any atom is -0.393 e. The van der Waals surface area contributed by atoms with Gasteiger partial charge in [-0.3, -0.25) is 0 Å². The van der Waals surface area contributed by atoms with Crippen molar-refractivity contribution in [3.63, 3.8) is 0 Å². The predicted octanol–water partition coefficient (Wildman–Crippen LogP) is 3.39. The second-order valence-electron chi connectivity index (χ2n) is 3.58.